The summed E-state index contributed by atoms with van der Waals surface area (Å²) in [4.78, 5) is 0. The Morgan fingerprint density at radius 3 is 2.00 bits per heavy atom. The first-order valence-electron chi connectivity index (χ1n) is 1.76. The van der Waals surface area contributed by atoms with E-state index in [1.165, 1.54) is 0 Å². The number of hydrogen-bond acceptors (Lipinski definition) is 2. The second-order valence-corrected chi connectivity index (χ2v) is 0.997. The lowest BCUT2D eigenvalue weighted by Gasteiger charge is -2.02. The molecule has 0 fully saturated rings. The van der Waals surface area contributed by atoms with Gasteiger partial charge in [-0.3, -0.25) is 0 Å². The molecule has 0 aliphatic carbocycles. The van der Waals surface area contributed by atoms with Gasteiger partial charge in [0.25, 0.3) is 0 Å². The molecular formula is C2H4BF3O2. The summed E-state index contributed by atoms with van der Waals surface area (Å²) < 4.78 is 40.0. The van der Waals surface area contributed by atoms with Gasteiger partial charge in [0.05, 0.1) is 0 Å². The molecule has 2 nitrogen and oxygen atoms in total. The van der Waals surface area contributed by atoms with Crippen LogP contribution in [0.1, 0.15) is 0 Å². The van der Waals surface area contributed by atoms with E-state index in [2.05, 4.69) is 9.31 Å². The van der Waals surface area contributed by atoms with E-state index in [1.54, 1.807) is 0 Å². The quantitative estimate of drug-likeness (QED) is 0.502. The molecule has 0 spiro atoms. The Hall–Kier alpha value is -0.225. The second-order valence-electron chi connectivity index (χ2n) is 0.997. The van der Waals surface area contributed by atoms with E-state index >= 15 is 0 Å². The van der Waals surface area contributed by atoms with Gasteiger partial charge in [-0.15, -0.1) is 13.2 Å². The minimum atomic E-state index is -4.57. The topological polar surface area (TPSA) is 18.5 Å². The van der Waals surface area contributed by atoms with Crippen molar-refractivity contribution in [3.63, 3.8) is 0 Å². The molecule has 0 heterocycles. The van der Waals surface area contributed by atoms with E-state index in [-0.39, 0.29) is 0 Å². The molecule has 0 aliphatic rings. The van der Waals surface area contributed by atoms with Gasteiger partial charge in [0, 0.05) is 7.11 Å². The zero-order valence-electron chi connectivity index (χ0n) is 4.16. The molecule has 0 rings (SSSR count). The van der Waals surface area contributed by atoms with Gasteiger partial charge in [-0.05, 0) is 0 Å². The second kappa shape index (κ2) is 2.93. The fraction of sp³-hybridized carbons (Fsp3) is 1.00. The Morgan fingerprint density at radius 2 is 1.88 bits per heavy atom. The summed E-state index contributed by atoms with van der Waals surface area (Å²) in [5.41, 5.74) is 0. The molecule has 0 saturated heterocycles. The van der Waals surface area contributed by atoms with Crippen molar-refractivity contribution in [3.8, 4) is 0 Å². The van der Waals surface area contributed by atoms with Crippen molar-refractivity contribution in [2.75, 3.05) is 7.11 Å². The Labute approximate surface area is 44.9 Å². The van der Waals surface area contributed by atoms with E-state index in [0.29, 0.717) is 0 Å². The molecule has 0 N–H and O–H groups in total. The van der Waals surface area contributed by atoms with Crippen LogP contribution in [-0.4, -0.2) is 21.2 Å². The number of hydrogen-bond donors (Lipinski definition) is 0. The summed E-state index contributed by atoms with van der Waals surface area (Å²) in [5, 5.41) is 0. The molecule has 0 atom stereocenters. The predicted molar refractivity (Wildman–Crippen MR) is 21.3 cm³/mol. The highest BCUT2D eigenvalue weighted by Crippen LogP contribution is 2.14. The van der Waals surface area contributed by atoms with Crippen LogP contribution in [0.5, 0.6) is 0 Å². The highest BCUT2D eigenvalue weighted by Gasteiger charge is 2.28. The van der Waals surface area contributed by atoms with E-state index in [1.807, 2.05) is 0 Å². The summed E-state index contributed by atoms with van der Waals surface area (Å²) in [7, 11) is 0.370. The van der Waals surface area contributed by atoms with Crippen molar-refractivity contribution < 1.29 is 22.5 Å². The largest absolute Gasteiger partial charge is 0.510 e. The monoisotopic (exact) mass is 128 g/mol. The van der Waals surface area contributed by atoms with Gasteiger partial charge < -0.3 is 9.31 Å². The molecule has 0 radical (unpaired) electrons. The highest BCUT2D eigenvalue weighted by molar-refractivity contribution is 6.17. The third kappa shape index (κ3) is 5.77. The zero-order valence-corrected chi connectivity index (χ0v) is 4.16. The Bertz CT molecular complexity index is 62.8. The molecule has 8 heavy (non-hydrogen) atoms. The van der Waals surface area contributed by atoms with Crippen LogP contribution in [0, 0.1) is 0 Å². The fourth-order valence-corrected chi connectivity index (χ4v) is 0.126. The summed E-state index contributed by atoms with van der Waals surface area (Å²) in [5.74, 6) is 0. The number of alkyl halides is 3. The smallest absolute Gasteiger partial charge is 0.417 e. The lowest BCUT2D eigenvalue weighted by atomic mass is 10.4. The Kier molecular flexibility index (Phi) is 2.85. The van der Waals surface area contributed by atoms with Crippen molar-refractivity contribution >= 4 is 7.69 Å². The third-order valence-corrected chi connectivity index (χ3v) is 0.340. The van der Waals surface area contributed by atoms with E-state index in [4.69, 9.17) is 0 Å². The molecule has 0 amide bonds. The molecular weight excluding hydrogens is 124 g/mol. The first kappa shape index (κ1) is 7.77. The normalized spacial score (nSPS) is 11.5. The van der Waals surface area contributed by atoms with E-state index < -0.39 is 14.0 Å². The maximum atomic E-state index is 10.9. The molecule has 0 aromatic rings. The first-order chi connectivity index (χ1) is 3.56. The van der Waals surface area contributed by atoms with Crippen molar-refractivity contribution in [1.82, 2.24) is 0 Å². The SMILES string of the molecule is COBOC(F)(F)F. The van der Waals surface area contributed by atoms with Crippen molar-refractivity contribution in [1.29, 1.82) is 0 Å². The summed E-state index contributed by atoms with van der Waals surface area (Å²) in [6.07, 6.45) is -4.57. The van der Waals surface area contributed by atoms with Gasteiger partial charge in [0.1, 0.15) is 0 Å². The van der Waals surface area contributed by atoms with Crippen LogP contribution in [-0.2, 0) is 9.31 Å². The molecule has 6 heteroatoms. The first-order valence-corrected chi connectivity index (χ1v) is 1.76. The minimum absolute atomic E-state index is 0.747. The molecule has 0 bridgehead atoms. The summed E-state index contributed by atoms with van der Waals surface area (Å²) in [6.45, 7) is 0. The van der Waals surface area contributed by atoms with Gasteiger partial charge in [-0.1, -0.05) is 0 Å². The van der Waals surface area contributed by atoms with E-state index in [0.717, 1.165) is 7.11 Å². The molecule has 0 aromatic carbocycles. The van der Waals surface area contributed by atoms with Crippen LogP contribution in [0.25, 0.3) is 0 Å². The molecule has 0 saturated carbocycles. The average molecular weight is 128 g/mol. The zero-order chi connectivity index (χ0) is 6.62. The average Bonchev–Trinajstić information content (AvgIpc) is 1.59. The van der Waals surface area contributed by atoms with Crippen LogP contribution >= 0.6 is 0 Å². The highest BCUT2D eigenvalue weighted by atomic mass is 19.4. The minimum Gasteiger partial charge on any atom is -0.417 e. The summed E-state index contributed by atoms with van der Waals surface area (Å²) in [6, 6.07) is 0. The van der Waals surface area contributed by atoms with Gasteiger partial charge in [-0.25, -0.2) is 0 Å². The fourth-order valence-electron chi connectivity index (χ4n) is 0.126. The maximum Gasteiger partial charge on any atom is 0.510 e. The standard InChI is InChI=1S/C2H4BF3O2/c1-7-3-8-2(4,5)6/h3H,1H3. The summed E-state index contributed by atoms with van der Waals surface area (Å²) >= 11 is 0. The van der Waals surface area contributed by atoms with Crippen LogP contribution in [0.4, 0.5) is 13.2 Å². The van der Waals surface area contributed by atoms with E-state index in [9.17, 15) is 13.2 Å². The van der Waals surface area contributed by atoms with Crippen LogP contribution in [0.3, 0.4) is 0 Å². The maximum absolute atomic E-state index is 10.9. The van der Waals surface area contributed by atoms with Gasteiger partial charge >= 0.3 is 14.0 Å². The predicted octanol–water partition coefficient (Wildman–Crippen LogP) is 0.436. The molecule has 48 valence electrons. The van der Waals surface area contributed by atoms with Crippen molar-refractivity contribution in [3.05, 3.63) is 0 Å². The lowest BCUT2D eigenvalue weighted by Crippen LogP contribution is -2.17. The number of rotatable bonds is 2. The third-order valence-electron chi connectivity index (χ3n) is 0.340. The molecule has 0 aromatic heterocycles. The Balaban J connectivity index is 3.11. The molecule has 0 unspecified atom stereocenters. The Morgan fingerprint density at radius 1 is 1.38 bits per heavy atom. The molecule has 0 aliphatic heterocycles. The van der Waals surface area contributed by atoms with Gasteiger partial charge in [-0.2, -0.15) is 0 Å². The van der Waals surface area contributed by atoms with Crippen LogP contribution in [0.15, 0.2) is 0 Å². The van der Waals surface area contributed by atoms with Gasteiger partial charge in [0.15, 0.2) is 0 Å². The van der Waals surface area contributed by atoms with Crippen molar-refractivity contribution in [2.24, 2.45) is 0 Å². The lowest BCUT2D eigenvalue weighted by molar-refractivity contribution is -0.280. The van der Waals surface area contributed by atoms with Crippen molar-refractivity contribution in [2.45, 2.75) is 6.36 Å². The number of halogens is 3. The van der Waals surface area contributed by atoms with Crippen LogP contribution < -0.4 is 0 Å². The van der Waals surface area contributed by atoms with Gasteiger partial charge in [0.2, 0.25) is 0 Å². The van der Waals surface area contributed by atoms with Crippen LogP contribution in [0.2, 0.25) is 0 Å².